The Morgan fingerprint density at radius 3 is 2.16 bits per heavy atom. The van der Waals surface area contributed by atoms with Crippen LogP contribution in [0.2, 0.25) is 0 Å². The highest BCUT2D eigenvalue weighted by Gasteiger charge is 2.37. The van der Waals surface area contributed by atoms with Gasteiger partial charge in [0.15, 0.2) is 0 Å². The molecule has 0 spiro atoms. The summed E-state index contributed by atoms with van der Waals surface area (Å²) in [6, 6.07) is 12.9. The van der Waals surface area contributed by atoms with Gasteiger partial charge in [-0.25, -0.2) is 0 Å². The van der Waals surface area contributed by atoms with E-state index < -0.39 is 11.7 Å². The molecule has 2 aromatic rings. The van der Waals surface area contributed by atoms with E-state index in [4.69, 9.17) is 5.26 Å². The fourth-order valence-electron chi connectivity index (χ4n) is 2.00. The van der Waals surface area contributed by atoms with Crippen molar-refractivity contribution >= 4 is 0 Å². The van der Waals surface area contributed by atoms with Crippen LogP contribution in [0.5, 0.6) is 0 Å². The third-order valence-electron chi connectivity index (χ3n) is 2.89. The predicted molar refractivity (Wildman–Crippen MR) is 66.3 cm³/mol. The van der Waals surface area contributed by atoms with Crippen molar-refractivity contribution in [2.75, 3.05) is 0 Å². The Kier molecular flexibility index (Phi) is 3.30. The van der Waals surface area contributed by atoms with Crippen molar-refractivity contribution in [3.8, 4) is 17.2 Å². The number of hydrogen-bond acceptors (Lipinski definition) is 1. The van der Waals surface area contributed by atoms with Gasteiger partial charge in [-0.05, 0) is 23.6 Å². The smallest absolute Gasteiger partial charge is 0.192 e. The van der Waals surface area contributed by atoms with Crippen LogP contribution >= 0.6 is 0 Å². The second-order valence-electron chi connectivity index (χ2n) is 4.16. The lowest BCUT2D eigenvalue weighted by Gasteiger charge is -2.16. The molecule has 0 amide bonds. The number of rotatable bonds is 1. The Balaban J connectivity index is 2.80. The predicted octanol–water partition coefficient (Wildman–Crippen LogP) is 4.55. The van der Waals surface area contributed by atoms with E-state index in [1.165, 1.54) is 19.1 Å². The summed E-state index contributed by atoms with van der Waals surface area (Å²) < 4.78 is 39.6. The van der Waals surface area contributed by atoms with E-state index in [-0.39, 0.29) is 11.1 Å². The van der Waals surface area contributed by atoms with E-state index in [9.17, 15) is 13.2 Å². The van der Waals surface area contributed by atoms with Gasteiger partial charge >= 0.3 is 6.18 Å². The quantitative estimate of drug-likeness (QED) is 0.738. The van der Waals surface area contributed by atoms with Crippen LogP contribution in [-0.4, -0.2) is 0 Å². The maximum Gasteiger partial charge on any atom is 0.418 e. The third-order valence-corrected chi connectivity index (χ3v) is 2.89. The molecule has 0 saturated carbocycles. The fourth-order valence-corrected chi connectivity index (χ4v) is 2.00. The van der Waals surface area contributed by atoms with Crippen LogP contribution < -0.4 is 0 Å². The van der Waals surface area contributed by atoms with E-state index in [1.807, 2.05) is 0 Å². The number of hydrogen-bond donors (Lipinski definition) is 0. The van der Waals surface area contributed by atoms with Gasteiger partial charge in [0.1, 0.15) is 6.07 Å². The zero-order valence-electron chi connectivity index (χ0n) is 10.1. The molecule has 0 aromatic heterocycles. The second kappa shape index (κ2) is 4.77. The van der Waals surface area contributed by atoms with E-state index in [0.29, 0.717) is 11.1 Å². The van der Waals surface area contributed by atoms with Crippen molar-refractivity contribution in [1.82, 2.24) is 0 Å². The molecule has 0 N–H and O–H groups in total. The first-order valence-corrected chi connectivity index (χ1v) is 5.61. The van der Waals surface area contributed by atoms with Crippen LogP contribution in [0.4, 0.5) is 13.2 Å². The zero-order chi connectivity index (χ0) is 14.0. The van der Waals surface area contributed by atoms with Gasteiger partial charge in [0, 0.05) is 0 Å². The van der Waals surface area contributed by atoms with Crippen molar-refractivity contribution in [1.29, 1.82) is 5.26 Å². The monoisotopic (exact) mass is 261 g/mol. The molecule has 0 fully saturated rings. The molecular weight excluding hydrogens is 251 g/mol. The van der Waals surface area contributed by atoms with Crippen molar-refractivity contribution in [3.05, 3.63) is 59.2 Å². The Labute approximate surface area is 108 Å². The first-order chi connectivity index (χ1) is 8.95. The highest BCUT2D eigenvalue weighted by molar-refractivity contribution is 5.72. The topological polar surface area (TPSA) is 23.8 Å². The highest BCUT2D eigenvalue weighted by atomic mass is 19.4. The molecule has 0 aliphatic carbocycles. The Morgan fingerprint density at radius 1 is 1.00 bits per heavy atom. The first-order valence-electron chi connectivity index (χ1n) is 5.61. The Bertz CT molecular complexity index is 637. The molecule has 1 nitrogen and oxygen atoms in total. The van der Waals surface area contributed by atoms with E-state index in [2.05, 4.69) is 0 Å². The molecule has 0 atom stereocenters. The zero-order valence-corrected chi connectivity index (χ0v) is 10.1. The molecule has 2 rings (SSSR count). The summed E-state index contributed by atoms with van der Waals surface area (Å²) in [6.45, 7) is 1.50. The average molecular weight is 261 g/mol. The largest absolute Gasteiger partial charge is 0.418 e. The molecule has 2 aromatic carbocycles. The lowest BCUT2D eigenvalue weighted by atomic mass is 9.92. The number of halogens is 3. The highest BCUT2D eigenvalue weighted by Crippen LogP contribution is 2.40. The average Bonchev–Trinajstić information content (AvgIpc) is 2.38. The van der Waals surface area contributed by atoms with Crippen molar-refractivity contribution in [3.63, 3.8) is 0 Å². The van der Waals surface area contributed by atoms with Gasteiger partial charge in [0.25, 0.3) is 0 Å². The first kappa shape index (κ1) is 13.2. The number of nitrogens with zero attached hydrogens (tertiary/aromatic N) is 1. The van der Waals surface area contributed by atoms with Crippen LogP contribution in [0.1, 0.15) is 16.7 Å². The van der Waals surface area contributed by atoms with Crippen LogP contribution in [0.25, 0.3) is 11.1 Å². The number of nitriles is 1. The molecule has 4 heteroatoms. The number of alkyl halides is 3. The molecule has 19 heavy (non-hydrogen) atoms. The van der Waals surface area contributed by atoms with Crippen molar-refractivity contribution in [2.24, 2.45) is 0 Å². The minimum Gasteiger partial charge on any atom is -0.192 e. The molecular formula is C15H10F3N. The van der Waals surface area contributed by atoms with Gasteiger partial charge in [-0.1, -0.05) is 42.5 Å². The standard InChI is InChI=1S/C15H10F3N/c1-10-7-8-12(11-5-3-2-4-6-11)14(13(10)9-19)15(16,17)18/h2-8H,1H3. The van der Waals surface area contributed by atoms with Gasteiger partial charge in [0.05, 0.1) is 11.1 Å². The molecule has 0 saturated heterocycles. The van der Waals surface area contributed by atoms with E-state index >= 15 is 0 Å². The fraction of sp³-hybridized carbons (Fsp3) is 0.133. The molecule has 96 valence electrons. The number of aryl methyl sites for hydroxylation is 1. The third kappa shape index (κ3) is 2.45. The van der Waals surface area contributed by atoms with Crippen LogP contribution in [0, 0.1) is 18.3 Å². The summed E-state index contributed by atoms with van der Waals surface area (Å²) in [4.78, 5) is 0. The maximum atomic E-state index is 13.2. The maximum absolute atomic E-state index is 13.2. The summed E-state index contributed by atoms with van der Waals surface area (Å²) in [7, 11) is 0. The minimum atomic E-state index is -4.55. The summed E-state index contributed by atoms with van der Waals surface area (Å²) >= 11 is 0. The molecule has 0 unspecified atom stereocenters. The minimum absolute atomic E-state index is 0.0373. The van der Waals surface area contributed by atoms with Crippen LogP contribution in [-0.2, 0) is 6.18 Å². The van der Waals surface area contributed by atoms with Crippen LogP contribution in [0.15, 0.2) is 42.5 Å². The molecule has 0 bridgehead atoms. The van der Waals surface area contributed by atoms with Gasteiger partial charge in [0.2, 0.25) is 0 Å². The lowest BCUT2D eigenvalue weighted by molar-refractivity contribution is -0.137. The molecule has 0 radical (unpaired) electrons. The molecule has 0 heterocycles. The van der Waals surface area contributed by atoms with Gasteiger partial charge < -0.3 is 0 Å². The van der Waals surface area contributed by atoms with E-state index in [0.717, 1.165) is 0 Å². The van der Waals surface area contributed by atoms with Crippen molar-refractivity contribution < 1.29 is 13.2 Å². The van der Waals surface area contributed by atoms with Gasteiger partial charge in [-0.15, -0.1) is 0 Å². The summed E-state index contributed by atoms with van der Waals surface area (Å²) in [5.41, 5.74) is -0.355. The van der Waals surface area contributed by atoms with Gasteiger partial charge in [-0.2, -0.15) is 18.4 Å². The van der Waals surface area contributed by atoms with Crippen molar-refractivity contribution in [2.45, 2.75) is 13.1 Å². The summed E-state index contributed by atoms with van der Waals surface area (Å²) in [6.07, 6.45) is -4.55. The summed E-state index contributed by atoms with van der Waals surface area (Å²) in [5, 5.41) is 8.98. The van der Waals surface area contributed by atoms with Crippen LogP contribution in [0.3, 0.4) is 0 Å². The number of benzene rings is 2. The SMILES string of the molecule is Cc1ccc(-c2ccccc2)c(C(F)(F)F)c1C#N. The normalized spacial score (nSPS) is 11.1. The summed E-state index contributed by atoms with van der Waals surface area (Å²) in [5.74, 6) is 0. The Morgan fingerprint density at radius 2 is 1.63 bits per heavy atom. The molecule has 0 aliphatic heterocycles. The lowest BCUT2D eigenvalue weighted by Crippen LogP contribution is -2.11. The second-order valence-corrected chi connectivity index (χ2v) is 4.16. The molecule has 0 aliphatic rings. The van der Waals surface area contributed by atoms with Gasteiger partial charge in [-0.3, -0.25) is 0 Å². The Hall–Kier alpha value is -2.28. The van der Waals surface area contributed by atoms with E-state index in [1.54, 1.807) is 36.4 Å².